The second-order valence-electron chi connectivity index (χ2n) is 8.85. The number of pyridine rings is 1. The topological polar surface area (TPSA) is 102 Å². The lowest BCUT2D eigenvalue weighted by atomic mass is 10.2. The first-order chi connectivity index (χ1) is 19.0. The van der Waals surface area contributed by atoms with Crippen LogP contribution in [0.25, 0.3) is 10.2 Å². The van der Waals surface area contributed by atoms with Crippen molar-refractivity contribution in [3.05, 3.63) is 71.5 Å². The molecule has 5 rings (SSSR count). The van der Waals surface area contributed by atoms with Crippen LogP contribution >= 0.6 is 11.3 Å². The van der Waals surface area contributed by atoms with Crippen LogP contribution in [0.15, 0.2) is 60.8 Å². The van der Waals surface area contributed by atoms with E-state index in [2.05, 4.69) is 20.5 Å². The Morgan fingerprint density at radius 2 is 1.82 bits per heavy atom. The minimum Gasteiger partial charge on any atom is -0.495 e. The van der Waals surface area contributed by atoms with Crippen molar-refractivity contribution >= 4 is 44.7 Å². The number of hydrogen-bond acceptors (Lipinski definition) is 8. The van der Waals surface area contributed by atoms with E-state index in [1.54, 1.807) is 47.9 Å². The van der Waals surface area contributed by atoms with Gasteiger partial charge in [-0.2, -0.15) is 0 Å². The zero-order chi connectivity index (χ0) is 27.2. The maximum Gasteiger partial charge on any atom is 0.233 e. The average molecular weight is 551 g/mol. The first kappa shape index (κ1) is 26.5. The van der Waals surface area contributed by atoms with Crippen molar-refractivity contribution in [1.82, 2.24) is 9.88 Å². The number of nitrogens with one attached hydrogen (secondary N) is 2. The maximum atomic E-state index is 14.9. The van der Waals surface area contributed by atoms with Crippen LogP contribution in [0.4, 0.5) is 15.8 Å². The minimum absolute atomic E-state index is 0.0116. The molecule has 3 heterocycles. The lowest BCUT2D eigenvalue weighted by molar-refractivity contribution is -0.123. The summed E-state index contributed by atoms with van der Waals surface area (Å²) in [5.74, 6) is -0.771. The molecule has 0 bridgehead atoms. The van der Waals surface area contributed by atoms with Crippen LogP contribution in [-0.2, 0) is 20.9 Å². The second kappa shape index (κ2) is 12.2. The van der Waals surface area contributed by atoms with Crippen LogP contribution in [-0.4, -0.2) is 55.1 Å². The van der Waals surface area contributed by atoms with Gasteiger partial charge in [0, 0.05) is 48.5 Å². The number of aromatic nitrogens is 1. The van der Waals surface area contributed by atoms with Crippen molar-refractivity contribution in [1.29, 1.82) is 0 Å². The van der Waals surface area contributed by atoms with Crippen LogP contribution in [0.3, 0.4) is 0 Å². The van der Waals surface area contributed by atoms with Crippen molar-refractivity contribution in [2.24, 2.45) is 0 Å². The molecule has 1 aliphatic rings. The molecule has 202 valence electrons. The van der Waals surface area contributed by atoms with Gasteiger partial charge in [-0.1, -0.05) is 12.1 Å². The van der Waals surface area contributed by atoms with Crippen molar-refractivity contribution in [2.75, 3.05) is 44.0 Å². The molecule has 0 aliphatic carbocycles. The average Bonchev–Trinajstić information content (AvgIpc) is 3.34. The molecule has 0 spiro atoms. The standard InChI is InChI=1S/C28H27FN4O5S/c1-36-24-5-3-2-4-21(24)32-27(35)16-26(34)31-18-6-7-23(20(29)14-18)38-25-8-9-30-22-15-19(39-28(22)25)17-33-10-12-37-13-11-33/h2-9,14-15H,10-13,16-17H2,1H3,(H,31,34)(H,32,35). The smallest absolute Gasteiger partial charge is 0.233 e. The number of anilines is 2. The van der Waals surface area contributed by atoms with Gasteiger partial charge < -0.3 is 24.8 Å². The molecule has 0 radical (unpaired) electrons. The van der Waals surface area contributed by atoms with E-state index in [0.717, 1.165) is 54.0 Å². The summed E-state index contributed by atoms with van der Waals surface area (Å²) in [6.45, 7) is 4.01. The summed E-state index contributed by atoms with van der Waals surface area (Å²) in [4.78, 5) is 32.6. The molecule has 2 aromatic carbocycles. The predicted octanol–water partition coefficient (Wildman–Crippen LogP) is 5.04. The van der Waals surface area contributed by atoms with Crippen LogP contribution in [0, 0.1) is 5.82 Å². The van der Waals surface area contributed by atoms with Gasteiger partial charge in [0.05, 0.1) is 36.2 Å². The van der Waals surface area contributed by atoms with E-state index in [-0.39, 0.29) is 11.4 Å². The van der Waals surface area contributed by atoms with Gasteiger partial charge >= 0.3 is 0 Å². The lowest BCUT2D eigenvalue weighted by Gasteiger charge is -2.25. The number of morpholine rings is 1. The van der Waals surface area contributed by atoms with E-state index in [4.69, 9.17) is 14.2 Å². The Morgan fingerprint density at radius 1 is 1.03 bits per heavy atom. The molecule has 2 aromatic heterocycles. The van der Waals surface area contributed by atoms with Crippen molar-refractivity contribution in [3.63, 3.8) is 0 Å². The maximum absolute atomic E-state index is 14.9. The first-order valence-electron chi connectivity index (χ1n) is 12.4. The number of nitrogens with zero attached hydrogens (tertiary/aromatic N) is 2. The fraction of sp³-hybridized carbons (Fsp3) is 0.250. The Balaban J connectivity index is 1.21. The van der Waals surface area contributed by atoms with E-state index >= 15 is 0 Å². The summed E-state index contributed by atoms with van der Waals surface area (Å²) in [5, 5.41) is 5.18. The molecule has 1 fully saturated rings. The van der Waals surface area contributed by atoms with Crippen LogP contribution < -0.4 is 20.1 Å². The number of halogens is 1. The van der Waals surface area contributed by atoms with Crippen LogP contribution in [0.2, 0.25) is 0 Å². The highest BCUT2D eigenvalue weighted by molar-refractivity contribution is 7.19. The van der Waals surface area contributed by atoms with E-state index in [1.807, 2.05) is 6.07 Å². The Hall–Kier alpha value is -4.06. The second-order valence-corrected chi connectivity index (χ2v) is 9.98. The number of fused-ring (bicyclic) bond motifs is 1. The molecule has 1 aliphatic heterocycles. The fourth-order valence-corrected chi connectivity index (χ4v) is 5.28. The lowest BCUT2D eigenvalue weighted by Crippen LogP contribution is -2.35. The fourth-order valence-electron chi connectivity index (χ4n) is 4.18. The van der Waals surface area contributed by atoms with Gasteiger partial charge in [0.15, 0.2) is 11.6 Å². The zero-order valence-corrected chi connectivity index (χ0v) is 22.1. The summed E-state index contributed by atoms with van der Waals surface area (Å²) < 4.78 is 32.3. The Kier molecular flexibility index (Phi) is 8.30. The summed E-state index contributed by atoms with van der Waals surface area (Å²) >= 11 is 1.57. The number of benzene rings is 2. The number of para-hydroxylation sites is 2. The molecule has 0 saturated carbocycles. The van der Waals surface area contributed by atoms with Crippen molar-refractivity contribution < 1.29 is 28.2 Å². The number of amides is 2. The molecular formula is C28H27FN4O5S. The van der Waals surface area contributed by atoms with Crippen molar-refractivity contribution in [3.8, 4) is 17.2 Å². The number of carbonyl (C=O) groups is 2. The third kappa shape index (κ3) is 6.69. The minimum atomic E-state index is -0.652. The van der Waals surface area contributed by atoms with Crippen LogP contribution in [0.5, 0.6) is 17.2 Å². The largest absolute Gasteiger partial charge is 0.495 e. The number of ether oxygens (including phenoxy) is 3. The van der Waals surface area contributed by atoms with Gasteiger partial charge in [-0.15, -0.1) is 11.3 Å². The molecule has 2 amide bonds. The summed E-state index contributed by atoms with van der Waals surface area (Å²) in [6, 6.07) is 14.7. The number of hydrogen-bond donors (Lipinski definition) is 2. The molecule has 0 atom stereocenters. The van der Waals surface area contributed by atoms with E-state index in [0.29, 0.717) is 17.2 Å². The third-order valence-electron chi connectivity index (χ3n) is 6.05. The molecule has 1 saturated heterocycles. The van der Waals surface area contributed by atoms with Gasteiger partial charge in [-0.3, -0.25) is 19.5 Å². The number of rotatable bonds is 9. The SMILES string of the molecule is COc1ccccc1NC(=O)CC(=O)Nc1ccc(Oc2ccnc3cc(CN4CCOCC4)sc23)c(F)c1. The van der Waals surface area contributed by atoms with Crippen LogP contribution in [0.1, 0.15) is 11.3 Å². The molecular weight excluding hydrogens is 523 g/mol. The van der Waals surface area contributed by atoms with E-state index in [9.17, 15) is 14.0 Å². The molecule has 4 aromatic rings. The molecule has 39 heavy (non-hydrogen) atoms. The molecule has 0 unspecified atom stereocenters. The third-order valence-corrected chi connectivity index (χ3v) is 7.17. The van der Waals surface area contributed by atoms with Crippen molar-refractivity contribution in [2.45, 2.75) is 13.0 Å². The van der Waals surface area contributed by atoms with Gasteiger partial charge in [0.2, 0.25) is 11.8 Å². The monoisotopic (exact) mass is 550 g/mol. The number of thiophene rings is 1. The van der Waals surface area contributed by atoms with Gasteiger partial charge in [0.25, 0.3) is 0 Å². The number of carbonyl (C=O) groups excluding carboxylic acids is 2. The Bertz CT molecular complexity index is 1490. The zero-order valence-electron chi connectivity index (χ0n) is 21.2. The Labute approximate surface area is 228 Å². The van der Waals surface area contributed by atoms with E-state index < -0.39 is 24.1 Å². The highest BCUT2D eigenvalue weighted by atomic mass is 32.1. The Morgan fingerprint density at radius 3 is 2.62 bits per heavy atom. The highest BCUT2D eigenvalue weighted by Crippen LogP contribution is 2.36. The summed E-state index contributed by atoms with van der Waals surface area (Å²) in [6.07, 6.45) is 1.18. The van der Waals surface area contributed by atoms with Gasteiger partial charge in [0.1, 0.15) is 17.9 Å². The summed E-state index contributed by atoms with van der Waals surface area (Å²) in [7, 11) is 1.49. The van der Waals surface area contributed by atoms with E-state index in [1.165, 1.54) is 19.2 Å². The summed E-state index contributed by atoms with van der Waals surface area (Å²) in [5.41, 5.74) is 1.45. The molecule has 2 N–H and O–H groups in total. The predicted molar refractivity (Wildman–Crippen MR) is 147 cm³/mol. The normalized spacial score (nSPS) is 13.7. The molecule has 11 heteroatoms. The number of methoxy groups -OCH3 is 1. The van der Waals surface area contributed by atoms with Gasteiger partial charge in [-0.25, -0.2) is 4.39 Å². The quantitative estimate of drug-likeness (QED) is 0.282. The first-order valence-corrected chi connectivity index (χ1v) is 13.2. The molecule has 9 nitrogen and oxygen atoms in total. The van der Waals surface area contributed by atoms with Gasteiger partial charge in [-0.05, 0) is 30.3 Å². The highest BCUT2D eigenvalue weighted by Gasteiger charge is 2.17.